The van der Waals surface area contributed by atoms with Crippen molar-refractivity contribution in [2.45, 2.75) is 24.6 Å². The van der Waals surface area contributed by atoms with Gasteiger partial charge in [-0.1, -0.05) is 12.1 Å². The molecule has 0 aliphatic carbocycles. The Balaban J connectivity index is 2.09. The van der Waals surface area contributed by atoms with E-state index in [1.807, 2.05) is 43.5 Å². The van der Waals surface area contributed by atoms with Crippen LogP contribution in [0.1, 0.15) is 24.3 Å². The molecule has 0 radical (unpaired) electrons. The zero-order valence-corrected chi connectivity index (χ0v) is 16.0. The molecule has 2 N–H and O–H groups in total. The van der Waals surface area contributed by atoms with Crippen molar-refractivity contribution in [1.29, 1.82) is 5.26 Å². The lowest BCUT2D eigenvalue weighted by Crippen LogP contribution is -2.54. The summed E-state index contributed by atoms with van der Waals surface area (Å²) in [7, 11) is -0.906. The lowest BCUT2D eigenvalue weighted by molar-refractivity contribution is 0.455. The van der Waals surface area contributed by atoms with Crippen LogP contribution in [0.15, 0.2) is 40.7 Å². The van der Waals surface area contributed by atoms with Crippen molar-refractivity contribution in [1.82, 2.24) is 4.31 Å². The average molecular weight is 373 g/mol. The van der Waals surface area contributed by atoms with Crippen molar-refractivity contribution in [2.24, 2.45) is 10.7 Å². The highest BCUT2D eigenvalue weighted by Gasteiger charge is 2.45. The summed E-state index contributed by atoms with van der Waals surface area (Å²) in [5, 5.41) is 10.8. The average Bonchev–Trinajstić information content (AvgIpc) is 3.10. The molecular formula is C18H20N4OS2. The van der Waals surface area contributed by atoms with Gasteiger partial charge in [0, 0.05) is 11.9 Å². The first-order chi connectivity index (χ1) is 11.7. The van der Waals surface area contributed by atoms with E-state index >= 15 is 0 Å². The normalized spacial score (nSPS) is 29.1. The fourth-order valence-corrected chi connectivity index (χ4v) is 5.85. The van der Waals surface area contributed by atoms with Crippen molar-refractivity contribution < 1.29 is 4.21 Å². The first-order valence-electron chi connectivity index (χ1n) is 7.75. The van der Waals surface area contributed by atoms with Crippen LogP contribution < -0.4 is 5.73 Å². The highest BCUT2D eigenvalue weighted by atomic mass is 32.2. The van der Waals surface area contributed by atoms with E-state index in [-0.39, 0.29) is 11.2 Å². The van der Waals surface area contributed by atoms with Gasteiger partial charge in [0.05, 0.1) is 26.6 Å². The van der Waals surface area contributed by atoms with Crippen LogP contribution in [0, 0.1) is 11.3 Å². The molecule has 1 aliphatic heterocycles. The number of rotatable bonds is 2. The van der Waals surface area contributed by atoms with E-state index in [0.29, 0.717) is 5.56 Å². The SMILES string of the molecule is C=S1(=O)C(C)[C@@](C)(c2cc(-c3cccc(C#N)c3)cs2)N=C(N)N1C. The van der Waals surface area contributed by atoms with Gasteiger partial charge in [-0.3, -0.25) is 4.31 Å². The van der Waals surface area contributed by atoms with Crippen molar-refractivity contribution in [3.05, 3.63) is 46.2 Å². The Morgan fingerprint density at radius 2 is 2.16 bits per heavy atom. The van der Waals surface area contributed by atoms with Gasteiger partial charge in [-0.25, -0.2) is 9.20 Å². The van der Waals surface area contributed by atoms with Gasteiger partial charge >= 0.3 is 0 Å². The highest BCUT2D eigenvalue weighted by Crippen LogP contribution is 2.42. The minimum atomic E-state index is -2.57. The number of hydrogen-bond acceptors (Lipinski definition) is 5. The van der Waals surface area contributed by atoms with Gasteiger partial charge in [-0.2, -0.15) is 5.26 Å². The molecule has 0 spiro atoms. The molecule has 0 fully saturated rings. The van der Waals surface area contributed by atoms with Crippen LogP contribution in [-0.4, -0.2) is 32.6 Å². The van der Waals surface area contributed by atoms with Crippen LogP contribution in [0.2, 0.25) is 0 Å². The quantitative estimate of drug-likeness (QED) is 0.823. The predicted octanol–water partition coefficient (Wildman–Crippen LogP) is 2.78. The van der Waals surface area contributed by atoms with Crippen molar-refractivity contribution >= 4 is 32.9 Å². The van der Waals surface area contributed by atoms with Crippen LogP contribution >= 0.6 is 11.3 Å². The van der Waals surface area contributed by atoms with E-state index in [0.717, 1.165) is 16.0 Å². The third kappa shape index (κ3) is 2.71. The van der Waals surface area contributed by atoms with Crippen LogP contribution in [0.5, 0.6) is 0 Å². The maximum atomic E-state index is 13.1. The van der Waals surface area contributed by atoms with Gasteiger partial charge in [0.25, 0.3) is 0 Å². The fourth-order valence-electron chi connectivity index (χ4n) is 2.93. The molecule has 1 aromatic carbocycles. The molecule has 2 heterocycles. The van der Waals surface area contributed by atoms with Gasteiger partial charge in [-0.15, -0.1) is 11.3 Å². The van der Waals surface area contributed by atoms with E-state index in [4.69, 9.17) is 11.0 Å². The number of guanidine groups is 1. The highest BCUT2D eigenvalue weighted by molar-refractivity contribution is 7.99. The molecule has 1 aromatic heterocycles. The Morgan fingerprint density at radius 1 is 1.44 bits per heavy atom. The summed E-state index contributed by atoms with van der Waals surface area (Å²) in [6.45, 7) is 3.85. The molecule has 130 valence electrons. The molecule has 3 rings (SSSR count). The number of nitriles is 1. The zero-order valence-electron chi connectivity index (χ0n) is 14.4. The fraction of sp³-hybridized carbons (Fsp3) is 0.278. The molecule has 0 saturated heterocycles. The molecule has 3 atom stereocenters. The molecule has 0 bridgehead atoms. The largest absolute Gasteiger partial charge is 0.369 e. The lowest BCUT2D eigenvalue weighted by Gasteiger charge is -2.42. The summed E-state index contributed by atoms with van der Waals surface area (Å²) in [5.41, 5.74) is 7.90. The molecule has 0 amide bonds. The maximum absolute atomic E-state index is 13.1. The van der Waals surface area contributed by atoms with Crippen LogP contribution in [0.4, 0.5) is 0 Å². The molecule has 0 saturated carbocycles. The third-order valence-electron chi connectivity index (χ3n) is 4.90. The number of nitrogens with two attached hydrogens (primary N) is 1. The van der Waals surface area contributed by atoms with E-state index in [1.165, 1.54) is 4.31 Å². The van der Waals surface area contributed by atoms with Crippen LogP contribution in [-0.2, 0) is 15.2 Å². The van der Waals surface area contributed by atoms with E-state index in [2.05, 4.69) is 16.9 Å². The lowest BCUT2D eigenvalue weighted by atomic mass is 9.95. The van der Waals surface area contributed by atoms with Crippen molar-refractivity contribution in [3.63, 3.8) is 0 Å². The number of thiophene rings is 1. The smallest absolute Gasteiger partial charge is 0.203 e. The van der Waals surface area contributed by atoms with Crippen LogP contribution in [0.25, 0.3) is 11.1 Å². The summed E-state index contributed by atoms with van der Waals surface area (Å²) < 4.78 is 14.5. The Morgan fingerprint density at radius 3 is 2.84 bits per heavy atom. The Kier molecular flexibility index (Phi) is 4.13. The molecule has 5 nitrogen and oxygen atoms in total. The molecule has 25 heavy (non-hydrogen) atoms. The molecular weight excluding hydrogens is 352 g/mol. The summed E-state index contributed by atoms with van der Waals surface area (Å²) >= 11 is 1.55. The predicted molar refractivity (Wildman–Crippen MR) is 106 cm³/mol. The van der Waals surface area contributed by atoms with Gasteiger partial charge in [-0.05, 0) is 54.4 Å². The number of aliphatic imine (C=N–C) groups is 1. The zero-order chi connectivity index (χ0) is 18.4. The number of benzene rings is 1. The first-order valence-corrected chi connectivity index (χ1v) is 10.4. The van der Waals surface area contributed by atoms with E-state index in [9.17, 15) is 4.21 Å². The summed E-state index contributed by atoms with van der Waals surface area (Å²) in [5.74, 6) is 4.15. The van der Waals surface area contributed by atoms with Gasteiger partial charge < -0.3 is 5.73 Å². The Hall–Kier alpha value is -2.30. The van der Waals surface area contributed by atoms with Gasteiger partial charge in [0.15, 0.2) is 0 Å². The monoisotopic (exact) mass is 372 g/mol. The van der Waals surface area contributed by atoms with E-state index in [1.54, 1.807) is 24.5 Å². The van der Waals surface area contributed by atoms with Crippen LogP contribution in [0.3, 0.4) is 0 Å². The minimum absolute atomic E-state index is 0.238. The topological polar surface area (TPSA) is 82.5 Å². The van der Waals surface area contributed by atoms with Gasteiger partial charge in [0.1, 0.15) is 5.54 Å². The maximum Gasteiger partial charge on any atom is 0.203 e. The number of nitrogens with zero attached hydrogens (tertiary/aromatic N) is 3. The van der Waals surface area contributed by atoms with Crippen molar-refractivity contribution in [3.8, 4) is 17.2 Å². The third-order valence-corrected chi connectivity index (χ3v) is 8.74. The Labute approximate surface area is 152 Å². The molecule has 1 aliphatic rings. The summed E-state index contributed by atoms with van der Waals surface area (Å²) in [6.07, 6.45) is 0. The second-order valence-electron chi connectivity index (χ2n) is 6.34. The Bertz CT molecular complexity index is 1000. The summed E-state index contributed by atoms with van der Waals surface area (Å²) in [4.78, 5) is 5.62. The van der Waals surface area contributed by atoms with E-state index < -0.39 is 15.2 Å². The summed E-state index contributed by atoms with van der Waals surface area (Å²) in [6, 6.07) is 11.7. The standard InChI is InChI=1S/C18H20N4OS2/c1-12-18(2,21-17(20)22(3)25(12,4)23)16-9-15(11-24-16)14-7-5-6-13(8-14)10-19/h5-9,11-12H,4H2,1-3H3,(H2,20,21)/t12?,18-,25?/m0/s1. The number of hydrogen-bond donors (Lipinski definition) is 1. The molecule has 7 heteroatoms. The minimum Gasteiger partial charge on any atom is -0.369 e. The first kappa shape index (κ1) is 17.5. The molecule has 2 unspecified atom stereocenters. The van der Waals surface area contributed by atoms with Crippen molar-refractivity contribution in [2.75, 3.05) is 7.05 Å². The second-order valence-corrected chi connectivity index (χ2v) is 9.88. The molecule has 2 aromatic rings. The second kappa shape index (κ2) is 5.90. The van der Waals surface area contributed by atoms with Gasteiger partial charge in [0.2, 0.25) is 5.96 Å².